The maximum atomic E-state index is 10.4. The van der Waals surface area contributed by atoms with E-state index in [0.717, 1.165) is 39.0 Å². The first-order valence-electron chi connectivity index (χ1n) is 6.42. The van der Waals surface area contributed by atoms with Crippen molar-refractivity contribution in [1.82, 2.24) is 4.90 Å². The van der Waals surface area contributed by atoms with E-state index in [1.807, 2.05) is 0 Å². The highest BCUT2D eigenvalue weighted by Crippen LogP contribution is 2.21. The number of nitrogens with zero attached hydrogens (tertiary/aromatic N) is 1. The monoisotopic (exact) mass is 241 g/mol. The molecule has 17 heavy (non-hydrogen) atoms. The summed E-state index contributed by atoms with van der Waals surface area (Å²) in [6.07, 6.45) is 4.76. The molecule has 1 fully saturated rings. The summed E-state index contributed by atoms with van der Waals surface area (Å²) in [7, 11) is 2.06. The van der Waals surface area contributed by atoms with Crippen LogP contribution in [0.5, 0.6) is 0 Å². The van der Waals surface area contributed by atoms with E-state index < -0.39 is 5.60 Å². The first-order valence-corrected chi connectivity index (χ1v) is 6.42. The molecule has 1 saturated heterocycles. The van der Waals surface area contributed by atoms with Crippen molar-refractivity contribution in [2.24, 2.45) is 0 Å². The van der Waals surface area contributed by atoms with Crippen molar-refractivity contribution in [2.45, 2.75) is 24.9 Å². The van der Waals surface area contributed by atoms with Crippen LogP contribution >= 0.6 is 0 Å². The minimum atomic E-state index is -0.566. The maximum absolute atomic E-state index is 10.4. The van der Waals surface area contributed by atoms with Crippen LogP contribution < -0.4 is 0 Å². The van der Waals surface area contributed by atoms with Crippen LogP contribution in [-0.2, 0) is 9.47 Å². The first-order chi connectivity index (χ1) is 8.18. The Morgan fingerprint density at radius 3 is 2.71 bits per heavy atom. The predicted octanol–water partition coefficient (Wildman–Crippen LogP) is 0.806. The largest absolute Gasteiger partial charge is 0.388 e. The molecule has 0 atom stereocenters. The van der Waals surface area contributed by atoms with Crippen LogP contribution in [-0.4, -0.2) is 62.2 Å². The molecule has 4 nitrogen and oxygen atoms in total. The van der Waals surface area contributed by atoms with Crippen molar-refractivity contribution >= 4 is 0 Å². The van der Waals surface area contributed by atoms with Gasteiger partial charge in [0.25, 0.3) is 0 Å². The van der Waals surface area contributed by atoms with Crippen molar-refractivity contribution in [3.05, 3.63) is 11.6 Å². The lowest BCUT2D eigenvalue weighted by atomic mass is 9.94. The number of likely N-dealkylation sites (N-methyl/N-ethyl adjacent to an activating group) is 1. The van der Waals surface area contributed by atoms with Gasteiger partial charge in [-0.2, -0.15) is 0 Å². The quantitative estimate of drug-likeness (QED) is 0.740. The smallest absolute Gasteiger partial charge is 0.0817 e. The summed E-state index contributed by atoms with van der Waals surface area (Å²) in [6.45, 7) is 4.55. The van der Waals surface area contributed by atoms with Gasteiger partial charge in [0, 0.05) is 39.1 Å². The Bertz CT molecular complexity index is 272. The molecular formula is C13H23NO3. The van der Waals surface area contributed by atoms with Gasteiger partial charge in [-0.1, -0.05) is 6.08 Å². The Morgan fingerprint density at radius 2 is 2.06 bits per heavy atom. The minimum absolute atomic E-state index is 0.566. The van der Waals surface area contributed by atoms with Crippen LogP contribution in [0.2, 0.25) is 0 Å². The van der Waals surface area contributed by atoms with Crippen molar-refractivity contribution < 1.29 is 14.6 Å². The number of aliphatic hydroxyl groups is 1. The number of ether oxygens (including phenoxy) is 2. The van der Waals surface area contributed by atoms with Gasteiger partial charge in [0.1, 0.15) is 0 Å². The topological polar surface area (TPSA) is 41.9 Å². The predicted molar refractivity (Wildman–Crippen MR) is 66.0 cm³/mol. The number of hydrogen-bond acceptors (Lipinski definition) is 4. The van der Waals surface area contributed by atoms with Crippen LogP contribution in [0.3, 0.4) is 0 Å². The Morgan fingerprint density at radius 1 is 1.29 bits per heavy atom. The van der Waals surface area contributed by atoms with Crippen molar-refractivity contribution in [3.63, 3.8) is 0 Å². The molecule has 0 bridgehead atoms. The molecule has 2 aliphatic rings. The fourth-order valence-corrected chi connectivity index (χ4v) is 2.53. The Labute approximate surface area is 103 Å². The van der Waals surface area contributed by atoms with Gasteiger partial charge < -0.3 is 14.6 Å². The molecular weight excluding hydrogens is 218 g/mol. The second kappa shape index (κ2) is 5.96. The highest BCUT2D eigenvalue weighted by Gasteiger charge is 2.31. The molecule has 2 heterocycles. The summed E-state index contributed by atoms with van der Waals surface area (Å²) < 4.78 is 10.7. The molecule has 0 amide bonds. The summed E-state index contributed by atoms with van der Waals surface area (Å²) in [5.41, 5.74) is 0.762. The zero-order valence-corrected chi connectivity index (χ0v) is 10.7. The Kier molecular flexibility index (Phi) is 4.56. The van der Waals surface area contributed by atoms with Crippen molar-refractivity contribution in [1.29, 1.82) is 0 Å². The molecule has 0 aromatic heterocycles. The fraction of sp³-hybridized carbons (Fsp3) is 0.846. The summed E-state index contributed by atoms with van der Waals surface area (Å²) in [6, 6.07) is 0. The molecule has 0 aromatic rings. The third-order valence-corrected chi connectivity index (χ3v) is 3.44. The molecule has 0 aromatic carbocycles. The van der Waals surface area contributed by atoms with E-state index in [4.69, 9.17) is 9.47 Å². The van der Waals surface area contributed by atoms with Crippen molar-refractivity contribution in [3.8, 4) is 0 Å². The highest BCUT2D eigenvalue weighted by molar-refractivity contribution is 5.07. The van der Waals surface area contributed by atoms with Crippen LogP contribution in [0.4, 0.5) is 0 Å². The summed E-state index contributed by atoms with van der Waals surface area (Å²) >= 11 is 0. The van der Waals surface area contributed by atoms with Gasteiger partial charge >= 0.3 is 0 Å². The molecule has 0 aliphatic carbocycles. The molecule has 0 saturated carbocycles. The first kappa shape index (κ1) is 13.0. The molecule has 0 unspecified atom stereocenters. The van der Waals surface area contributed by atoms with E-state index in [0.29, 0.717) is 19.8 Å². The molecule has 0 radical (unpaired) electrons. The maximum Gasteiger partial charge on any atom is 0.0817 e. The molecule has 1 N–H and O–H groups in total. The van der Waals surface area contributed by atoms with E-state index >= 15 is 0 Å². The standard InChI is InChI=1S/C13H23NO3/c1-14(9-12-3-2-6-17-10-12)11-13(15)4-7-16-8-5-13/h3,15H,2,4-11H2,1H3. The zero-order chi connectivity index (χ0) is 12.1. The second-order valence-electron chi connectivity index (χ2n) is 5.21. The van der Waals surface area contributed by atoms with Gasteiger partial charge in [-0.15, -0.1) is 0 Å². The Balaban J connectivity index is 1.79. The van der Waals surface area contributed by atoms with Crippen molar-refractivity contribution in [2.75, 3.05) is 46.6 Å². The lowest BCUT2D eigenvalue weighted by Crippen LogP contribution is -2.46. The van der Waals surface area contributed by atoms with E-state index in [1.165, 1.54) is 5.57 Å². The summed E-state index contributed by atoms with van der Waals surface area (Å²) in [4.78, 5) is 2.19. The van der Waals surface area contributed by atoms with Gasteiger partial charge in [-0.25, -0.2) is 0 Å². The van der Waals surface area contributed by atoms with Crippen LogP contribution in [0.1, 0.15) is 19.3 Å². The normalized spacial score (nSPS) is 24.8. The molecule has 2 aliphatic heterocycles. The van der Waals surface area contributed by atoms with Crippen LogP contribution in [0.25, 0.3) is 0 Å². The van der Waals surface area contributed by atoms with Gasteiger partial charge in [0.05, 0.1) is 18.8 Å². The highest BCUT2D eigenvalue weighted by atomic mass is 16.5. The third-order valence-electron chi connectivity index (χ3n) is 3.44. The van der Waals surface area contributed by atoms with E-state index in [1.54, 1.807) is 0 Å². The summed E-state index contributed by atoms with van der Waals surface area (Å²) in [5, 5.41) is 10.4. The van der Waals surface area contributed by atoms with Crippen LogP contribution in [0.15, 0.2) is 11.6 Å². The number of hydrogen-bond donors (Lipinski definition) is 1. The zero-order valence-electron chi connectivity index (χ0n) is 10.7. The summed E-state index contributed by atoms with van der Waals surface area (Å²) in [5.74, 6) is 0. The Hall–Kier alpha value is -0.420. The van der Waals surface area contributed by atoms with Gasteiger partial charge in [0.15, 0.2) is 0 Å². The van der Waals surface area contributed by atoms with Gasteiger partial charge in [-0.3, -0.25) is 4.90 Å². The third kappa shape index (κ3) is 4.07. The minimum Gasteiger partial charge on any atom is -0.388 e. The lowest BCUT2D eigenvalue weighted by Gasteiger charge is -2.35. The fourth-order valence-electron chi connectivity index (χ4n) is 2.53. The van der Waals surface area contributed by atoms with E-state index in [2.05, 4.69) is 18.0 Å². The molecule has 2 rings (SSSR count). The molecule has 4 heteroatoms. The molecule has 0 spiro atoms. The average Bonchev–Trinajstić information content (AvgIpc) is 2.30. The van der Waals surface area contributed by atoms with Gasteiger partial charge in [-0.05, 0) is 19.0 Å². The second-order valence-corrected chi connectivity index (χ2v) is 5.21. The van der Waals surface area contributed by atoms with E-state index in [-0.39, 0.29) is 0 Å². The SMILES string of the molecule is CN(CC1=CCCOC1)CC1(O)CCOCC1. The van der Waals surface area contributed by atoms with Gasteiger partial charge in [0.2, 0.25) is 0 Å². The molecule has 98 valence electrons. The van der Waals surface area contributed by atoms with Crippen LogP contribution in [0, 0.1) is 0 Å². The van der Waals surface area contributed by atoms with E-state index in [9.17, 15) is 5.11 Å². The number of rotatable bonds is 4. The lowest BCUT2D eigenvalue weighted by molar-refractivity contribution is -0.0762. The average molecular weight is 241 g/mol.